The van der Waals surface area contributed by atoms with Crippen LogP contribution in [0.2, 0.25) is 0 Å². The number of amides is 1. The van der Waals surface area contributed by atoms with Crippen LogP contribution in [0.5, 0.6) is 0 Å². The fourth-order valence-electron chi connectivity index (χ4n) is 5.61. The number of carbonyl (C=O) groups is 5. The molecule has 0 aliphatic heterocycles. The molecule has 10 nitrogen and oxygen atoms in total. The summed E-state index contributed by atoms with van der Waals surface area (Å²) in [5, 5.41) is 12.0. The highest BCUT2D eigenvalue weighted by molar-refractivity contribution is 7.99. The lowest BCUT2D eigenvalue weighted by atomic mass is 10.00. The second-order valence-electron chi connectivity index (χ2n) is 13.1. The molecule has 0 saturated heterocycles. The molecule has 0 fully saturated rings. The lowest BCUT2D eigenvalue weighted by molar-refractivity contribution is -0.155. The SMILES string of the molecule is C.C.C.C.C.C.C.C.C.C.C.C.C.C.C.C.C.C.C.C.C.C.C.C.C.C.C.C.C.C.C.C.C.C.C.C.CCCCCCCCCCCC(=O)O[C@H](CCCCCCCCCCC)CC(=O)OCCSC[C@H](NC(C)=O)C(=O)C[C@@H](CO)C(=O)OC. The number of methoxy groups -OCH3 is 1. The van der Waals surface area contributed by atoms with Crippen LogP contribution >= 0.6 is 11.8 Å². The molecule has 11 heteroatoms. The number of ether oxygens (including phenoxy) is 3. The highest BCUT2D eigenvalue weighted by Crippen LogP contribution is 2.17. The summed E-state index contributed by atoms with van der Waals surface area (Å²) in [6.07, 6.45) is 21.4. The summed E-state index contributed by atoms with van der Waals surface area (Å²) in [6.45, 7) is 5.30. The van der Waals surface area contributed by atoms with Crippen molar-refractivity contribution in [1.29, 1.82) is 0 Å². The van der Waals surface area contributed by atoms with Gasteiger partial charge in [-0.1, -0.05) is 384 Å². The van der Waals surface area contributed by atoms with E-state index < -0.39 is 48.3 Å². The van der Waals surface area contributed by atoms with E-state index in [0.29, 0.717) is 18.6 Å². The number of thioether (sulfide) groups is 1. The van der Waals surface area contributed by atoms with E-state index >= 15 is 0 Å². The Hall–Kier alpha value is -2.14. The Kier molecular flexibility index (Phi) is 595. The maximum atomic E-state index is 12.7. The highest BCUT2D eigenvalue weighted by atomic mass is 32.2. The number of nitrogens with one attached hydrogen (secondary N) is 1. The van der Waals surface area contributed by atoms with E-state index in [-0.39, 0.29) is 299 Å². The third-order valence-electron chi connectivity index (χ3n) is 8.55. The first kappa shape index (κ1) is 264. The van der Waals surface area contributed by atoms with Gasteiger partial charge in [-0.2, -0.15) is 11.8 Å². The second kappa shape index (κ2) is 192. The van der Waals surface area contributed by atoms with Crippen LogP contribution in [-0.4, -0.2) is 78.7 Å². The molecule has 0 bridgehead atoms. The van der Waals surface area contributed by atoms with Crippen LogP contribution < -0.4 is 5.32 Å². The third-order valence-corrected chi connectivity index (χ3v) is 9.57. The van der Waals surface area contributed by atoms with Crippen molar-refractivity contribution in [3.63, 3.8) is 0 Å². The number of Topliss-reactive ketones (excluding diaryl/α,β-unsaturated/α-hetero) is 1. The average molecular weight is 1290 g/mol. The molecular formula is C74H213NO9S. The van der Waals surface area contributed by atoms with Crippen LogP contribution in [0.4, 0.5) is 0 Å². The Morgan fingerprint density at radius 3 is 1.02 bits per heavy atom. The van der Waals surface area contributed by atoms with Gasteiger partial charge < -0.3 is 24.6 Å². The minimum Gasteiger partial charge on any atom is -0.469 e. The number of hydrogen-bond acceptors (Lipinski definition) is 10. The van der Waals surface area contributed by atoms with E-state index in [1.165, 1.54) is 103 Å². The van der Waals surface area contributed by atoms with Crippen LogP contribution in [0.1, 0.15) is 429 Å². The number of unbranched alkanes of at least 4 members (excludes halogenated alkanes) is 16. The molecule has 2 N–H and O–H groups in total. The number of hydrogen-bond donors (Lipinski definition) is 2. The second-order valence-corrected chi connectivity index (χ2v) is 14.3. The van der Waals surface area contributed by atoms with E-state index in [2.05, 4.69) is 23.9 Å². The van der Waals surface area contributed by atoms with Crippen molar-refractivity contribution in [3.8, 4) is 0 Å². The summed E-state index contributed by atoms with van der Waals surface area (Å²) < 4.78 is 15.8. The van der Waals surface area contributed by atoms with Gasteiger partial charge in [-0.05, 0) is 19.3 Å². The van der Waals surface area contributed by atoms with E-state index in [9.17, 15) is 29.1 Å². The molecule has 0 aliphatic carbocycles. The minimum absolute atomic E-state index is 0. The molecule has 0 rings (SSSR count). The number of ketones is 1. The van der Waals surface area contributed by atoms with Gasteiger partial charge in [-0.15, -0.1) is 0 Å². The number of rotatable bonds is 34. The monoisotopic (exact) mass is 1290 g/mol. The summed E-state index contributed by atoms with van der Waals surface area (Å²) >= 11 is 1.32. The van der Waals surface area contributed by atoms with Crippen molar-refractivity contribution in [3.05, 3.63) is 0 Å². The van der Waals surface area contributed by atoms with Gasteiger partial charge in [0.2, 0.25) is 5.91 Å². The van der Waals surface area contributed by atoms with Gasteiger partial charge in [-0.25, -0.2) is 0 Å². The predicted octanol–water partition coefficient (Wildman–Crippen LogP) is 30.6. The van der Waals surface area contributed by atoms with Crippen molar-refractivity contribution in [2.75, 3.05) is 31.8 Å². The fourth-order valence-corrected chi connectivity index (χ4v) is 6.48. The Bertz CT molecular complexity index is 895. The van der Waals surface area contributed by atoms with Gasteiger partial charge in [0, 0.05) is 31.3 Å². The number of esters is 3. The number of aliphatic hydroxyl groups excluding tert-OH is 1. The zero-order chi connectivity index (χ0) is 36.5. The quantitative estimate of drug-likeness (QED) is 0.0363. The largest absolute Gasteiger partial charge is 0.469 e. The Labute approximate surface area is 566 Å². The molecule has 0 spiro atoms. The van der Waals surface area contributed by atoms with Gasteiger partial charge in [-0.3, -0.25) is 24.0 Å². The number of aliphatic hydroxyl groups is 1. The summed E-state index contributed by atoms with van der Waals surface area (Å²) in [7, 11) is 1.18. The van der Waals surface area contributed by atoms with Crippen molar-refractivity contribution in [1.82, 2.24) is 5.32 Å². The molecule has 85 heavy (non-hydrogen) atoms. The topological polar surface area (TPSA) is 145 Å². The van der Waals surface area contributed by atoms with Gasteiger partial charge in [0.15, 0.2) is 5.78 Å². The van der Waals surface area contributed by atoms with Gasteiger partial charge in [0.1, 0.15) is 12.7 Å². The first-order valence-electron chi connectivity index (χ1n) is 19.1. The van der Waals surface area contributed by atoms with E-state index in [1.54, 1.807) is 0 Å². The van der Waals surface area contributed by atoms with Gasteiger partial charge in [0.25, 0.3) is 0 Å². The van der Waals surface area contributed by atoms with Crippen LogP contribution in [-0.2, 0) is 38.2 Å². The summed E-state index contributed by atoms with van der Waals surface area (Å²) in [6, 6.07) is -0.858. The Morgan fingerprint density at radius 1 is 0.424 bits per heavy atom. The smallest absolute Gasteiger partial charge is 0.311 e. The normalized spacial score (nSPS) is 7.45. The zero-order valence-corrected chi connectivity index (χ0v) is 32.1. The Balaban J connectivity index is -0.0000000183. The first-order chi connectivity index (χ1) is 23.7. The maximum absolute atomic E-state index is 12.7. The van der Waals surface area contributed by atoms with Crippen molar-refractivity contribution in [2.45, 2.75) is 442 Å². The zero-order valence-electron chi connectivity index (χ0n) is 31.2. The van der Waals surface area contributed by atoms with Crippen LogP contribution in [0, 0.1) is 5.92 Å². The molecule has 1 amide bonds. The molecule has 0 aromatic rings. The van der Waals surface area contributed by atoms with E-state index in [1.807, 2.05) is 0 Å². The summed E-state index contributed by atoms with van der Waals surface area (Å²) in [5.74, 6) is -2.57. The molecule has 0 radical (unpaired) electrons. The molecule has 0 aromatic carbocycles. The molecular weight excluding hydrogens is 1080 g/mol. The maximum Gasteiger partial charge on any atom is 0.311 e. The minimum atomic E-state index is -0.998. The molecule has 0 aromatic heterocycles. The van der Waals surface area contributed by atoms with Crippen LogP contribution in [0.25, 0.3) is 0 Å². The first-order valence-corrected chi connectivity index (χ1v) is 20.2. The lowest BCUT2D eigenvalue weighted by Crippen LogP contribution is -2.43. The molecule has 574 valence electrons. The predicted molar refractivity (Wildman–Crippen MR) is 439 cm³/mol. The van der Waals surface area contributed by atoms with Crippen molar-refractivity contribution in [2.24, 2.45) is 5.92 Å². The molecule has 3 atom stereocenters. The van der Waals surface area contributed by atoms with E-state index in [4.69, 9.17) is 9.47 Å². The molecule has 0 heterocycles. The van der Waals surface area contributed by atoms with Gasteiger partial charge >= 0.3 is 17.9 Å². The lowest BCUT2D eigenvalue weighted by Gasteiger charge is -2.19. The van der Waals surface area contributed by atoms with Crippen LogP contribution in [0.3, 0.4) is 0 Å². The Morgan fingerprint density at radius 2 is 0.729 bits per heavy atom. The number of carbonyl (C=O) groups excluding carboxylic acids is 5. The molecule has 0 aliphatic rings. The van der Waals surface area contributed by atoms with Crippen LogP contribution in [0.15, 0.2) is 0 Å². The third kappa shape index (κ3) is 167. The van der Waals surface area contributed by atoms with Gasteiger partial charge in [0.05, 0.1) is 32.1 Å². The fraction of sp³-hybridized carbons (Fsp3) is 0.932. The van der Waals surface area contributed by atoms with Crippen molar-refractivity contribution >= 4 is 41.4 Å². The standard InChI is InChI=1S/C38H69NO9S.36CH4/c1-5-7-9-11-13-15-17-19-21-23-33(48-36(43)24-22-20-18-16-14-12-10-8-6-2)28-37(44)47-25-26-49-30-34(39-31(3)41)35(42)27-32(29-40)38(45)46-4;;;;;;;;;;;;;;;;;;;;;;;;;;;;;;;;;;;;/h32-34,40H,5-30H2,1-4H3,(H,39,41);36*1H4/t32-,33+,34-;;;;;;;;;;;;;;;;;;;;;;;;;;;;;;;;;;;;/m0..................................../s1. The van der Waals surface area contributed by atoms with Crippen molar-refractivity contribution < 1.29 is 43.3 Å². The summed E-state index contributed by atoms with van der Waals surface area (Å²) in [5.41, 5.74) is 0. The molecule has 0 unspecified atom stereocenters. The highest BCUT2D eigenvalue weighted by Gasteiger charge is 2.27. The summed E-state index contributed by atoms with van der Waals surface area (Å²) in [4.78, 5) is 61.5. The molecule has 0 saturated carbocycles. The van der Waals surface area contributed by atoms with E-state index in [0.717, 1.165) is 38.5 Å². The average Bonchev–Trinajstić information content (AvgIpc) is 3.07.